The molecule has 1 aromatic carbocycles. The molecule has 3 rings (SSSR count). The van der Waals surface area contributed by atoms with Crippen molar-refractivity contribution < 1.29 is 14.0 Å². The Kier molecular flexibility index (Phi) is 7.90. The van der Waals surface area contributed by atoms with Crippen LogP contribution in [0.15, 0.2) is 24.3 Å². The third-order valence-corrected chi connectivity index (χ3v) is 6.49. The van der Waals surface area contributed by atoms with Gasteiger partial charge in [-0.05, 0) is 48.8 Å². The molecule has 29 heavy (non-hydrogen) atoms. The van der Waals surface area contributed by atoms with Crippen LogP contribution in [0.5, 0.6) is 0 Å². The normalized spacial score (nSPS) is 22.9. The van der Waals surface area contributed by atoms with Gasteiger partial charge in [0.1, 0.15) is 5.82 Å². The Balaban J connectivity index is 1.44. The van der Waals surface area contributed by atoms with Gasteiger partial charge in [0.05, 0.1) is 0 Å². The van der Waals surface area contributed by atoms with Crippen LogP contribution in [0.1, 0.15) is 63.9 Å². The lowest BCUT2D eigenvalue weighted by atomic mass is 9.81. The fraction of sp³-hybridized carbons (Fsp3) is 0.652. The van der Waals surface area contributed by atoms with E-state index in [4.69, 9.17) is 0 Å². The van der Waals surface area contributed by atoms with Gasteiger partial charge in [0.2, 0.25) is 5.91 Å². The van der Waals surface area contributed by atoms with E-state index in [0.29, 0.717) is 37.4 Å². The minimum atomic E-state index is -0.273. The van der Waals surface area contributed by atoms with Gasteiger partial charge in [-0.3, -0.25) is 4.79 Å². The van der Waals surface area contributed by atoms with Crippen molar-refractivity contribution in [2.75, 3.05) is 13.1 Å². The molecule has 1 saturated carbocycles. The summed E-state index contributed by atoms with van der Waals surface area (Å²) >= 11 is 0. The van der Waals surface area contributed by atoms with Crippen molar-refractivity contribution in [2.45, 2.75) is 70.9 Å². The van der Waals surface area contributed by atoms with Crippen molar-refractivity contribution in [1.29, 1.82) is 0 Å². The molecule has 2 N–H and O–H groups in total. The highest BCUT2D eigenvalue weighted by Gasteiger charge is 2.32. The smallest absolute Gasteiger partial charge is 0.317 e. The molecule has 5 nitrogen and oxygen atoms in total. The average Bonchev–Trinajstić information content (AvgIpc) is 2.74. The Bertz CT molecular complexity index is 673. The number of hydrogen-bond donors (Lipinski definition) is 2. The van der Waals surface area contributed by atoms with E-state index in [1.807, 2.05) is 4.90 Å². The van der Waals surface area contributed by atoms with Crippen LogP contribution < -0.4 is 10.6 Å². The molecule has 1 aliphatic heterocycles. The summed E-state index contributed by atoms with van der Waals surface area (Å²) in [5.74, 6) is 0.396. The zero-order chi connectivity index (χ0) is 20.6. The van der Waals surface area contributed by atoms with E-state index >= 15 is 0 Å². The van der Waals surface area contributed by atoms with Gasteiger partial charge < -0.3 is 15.5 Å². The highest BCUT2D eigenvalue weighted by Crippen LogP contribution is 2.29. The molecule has 1 saturated heterocycles. The molecule has 1 aliphatic carbocycles. The van der Waals surface area contributed by atoms with E-state index in [-0.39, 0.29) is 17.8 Å². The van der Waals surface area contributed by atoms with Gasteiger partial charge in [0.15, 0.2) is 0 Å². The van der Waals surface area contributed by atoms with E-state index in [0.717, 1.165) is 37.8 Å². The molecule has 6 heteroatoms. The molecule has 1 aromatic rings. The van der Waals surface area contributed by atoms with Crippen molar-refractivity contribution in [3.8, 4) is 0 Å². The van der Waals surface area contributed by atoms with E-state index in [9.17, 15) is 14.0 Å². The number of carbonyl (C=O) groups excluding carboxylic acids is 2. The van der Waals surface area contributed by atoms with Crippen molar-refractivity contribution >= 4 is 11.9 Å². The number of nitrogens with zero attached hydrogens (tertiary/aromatic N) is 1. The minimum Gasteiger partial charge on any atom is -0.352 e. The van der Waals surface area contributed by atoms with Crippen molar-refractivity contribution in [1.82, 2.24) is 15.5 Å². The van der Waals surface area contributed by atoms with Crippen LogP contribution in [-0.2, 0) is 11.3 Å². The first-order valence-electron chi connectivity index (χ1n) is 11.1. The van der Waals surface area contributed by atoms with Gasteiger partial charge in [-0.1, -0.05) is 44.7 Å². The molecule has 3 amide bonds. The van der Waals surface area contributed by atoms with Gasteiger partial charge in [0, 0.05) is 32.1 Å². The zero-order valence-corrected chi connectivity index (χ0v) is 17.5. The molecule has 2 aliphatic rings. The van der Waals surface area contributed by atoms with Crippen LogP contribution in [0.3, 0.4) is 0 Å². The summed E-state index contributed by atoms with van der Waals surface area (Å²) in [5, 5.41) is 6.16. The SMILES string of the molecule is CC[C@H]1CN(C(=O)NC2CCCCC2)CC[C@H]1CC(=O)NCc1ccc(F)cc1. The number of halogens is 1. The Labute approximate surface area is 173 Å². The monoisotopic (exact) mass is 403 g/mol. The summed E-state index contributed by atoms with van der Waals surface area (Å²) in [6.45, 7) is 3.99. The summed E-state index contributed by atoms with van der Waals surface area (Å²) in [6, 6.07) is 6.58. The Morgan fingerprint density at radius 1 is 1.07 bits per heavy atom. The Morgan fingerprint density at radius 3 is 2.48 bits per heavy atom. The van der Waals surface area contributed by atoms with Gasteiger partial charge >= 0.3 is 6.03 Å². The largest absolute Gasteiger partial charge is 0.352 e. The number of hydrogen-bond acceptors (Lipinski definition) is 2. The highest BCUT2D eigenvalue weighted by atomic mass is 19.1. The number of urea groups is 1. The summed E-state index contributed by atoms with van der Waals surface area (Å²) in [4.78, 5) is 27.0. The van der Waals surface area contributed by atoms with Crippen molar-refractivity contribution in [3.63, 3.8) is 0 Å². The lowest BCUT2D eigenvalue weighted by molar-refractivity contribution is -0.123. The number of piperidine rings is 1. The van der Waals surface area contributed by atoms with Crippen LogP contribution in [0, 0.1) is 17.7 Å². The Hall–Kier alpha value is -2.11. The van der Waals surface area contributed by atoms with Gasteiger partial charge in [-0.2, -0.15) is 0 Å². The Morgan fingerprint density at radius 2 is 1.79 bits per heavy atom. The quantitative estimate of drug-likeness (QED) is 0.747. The maximum absolute atomic E-state index is 13.0. The van der Waals surface area contributed by atoms with Crippen LogP contribution in [0.2, 0.25) is 0 Å². The first-order chi connectivity index (χ1) is 14.0. The van der Waals surface area contributed by atoms with Crippen molar-refractivity contribution in [2.24, 2.45) is 11.8 Å². The summed E-state index contributed by atoms with van der Waals surface area (Å²) in [6.07, 6.45) is 8.18. The topological polar surface area (TPSA) is 61.4 Å². The predicted molar refractivity (Wildman–Crippen MR) is 112 cm³/mol. The zero-order valence-electron chi connectivity index (χ0n) is 17.5. The number of rotatable bonds is 6. The van der Waals surface area contributed by atoms with Crippen LogP contribution in [0.25, 0.3) is 0 Å². The van der Waals surface area contributed by atoms with Crippen LogP contribution in [-0.4, -0.2) is 36.0 Å². The summed E-state index contributed by atoms with van der Waals surface area (Å²) in [7, 11) is 0. The molecule has 0 aromatic heterocycles. The number of benzene rings is 1. The second-order valence-electron chi connectivity index (χ2n) is 8.55. The van der Waals surface area contributed by atoms with Gasteiger partial charge in [-0.15, -0.1) is 0 Å². The van der Waals surface area contributed by atoms with Crippen LogP contribution >= 0.6 is 0 Å². The van der Waals surface area contributed by atoms with E-state index in [1.165, 1.54) is 31.4 Å². The van der Waals surface area contributed by atoms with E-state index < -0.39 is 0 Å². The summed E-state index contributed by atoms with van der Waals surface area (Å²) in [5.41, 5.74) is 0.890. The van der Waals surface area contributed by atoms with Gasteiger partial charge in [0.25, 0.3) is 0 Å². The fourth-order valence-electron chi connectivity index (χ4n) is 4.62. The molecular weight excluding hydrogens is 369 g/mol. The number of likely N-dealkylation sites (tertiary alicyclic amines) is 1. The third kappa shape index (κ3) is 6.44. The fourth-order valence-corrected chi connectivity index (χ4v) is 4.62. The predicted octanol–water partition coefficient (Wildman–Crippen LogP) is 4.22. The number of amides is 3. The molecule has 2 atom stereocenters. The minimum absolute atomic E-state index is 0.0258. The average molecular weight is 404 g/mol. The highest BCUT2D eigenvalue weighted by molar-refractivity contribution is 5.76. The number of carbonyl (C=O) groups is 2. The van der Waals surface area contributed by atoms with E-state index in [2.05, 4.69) is 17.6 Å². The maximum Gasteiger partial charge on any atom is 0.317 e. The molecule has 160 valence electrons. The van der Waals surface area contributed by atoms with Crippen LogP contribution in [0.4, 0.5) is 9.18 Å². The maximum atomic E-state index is 13.0. The molecule has 0 unspecified atom stereocenters. The van der Waals surface area contributed by atoms with Gasteiger partial charge in [-0.25, -0.2) is 9.18 Å². The first-order valence-corrected chi connectivity index (χ1v) is 11.1. The lowest BCUT2D eigenvalue weighted by Gasteiger charge is -2.39. The molecule has 2 fully saturated rings. The second-order valence-corrected chi connectivity index (χ2v) is 8.55. The molecule has 0 radical (unpaired) electrons. The number of nitrogens with one attached hydrogen (secondary N) is 2. The van der Waals surface area contributed by atoms with Crippen molar-refractivity contribution in [3.05, 3.63) is 35.6 Å². The standard InChI is InChI=1S/C23H34FN3O2/c1-2-18-16-27(23(29)26-21-6-4-3-5-7-21)13-12-19(18)14-22(28)25-15-17-8-10-20(24)11-9-17/h8-11,18-19,21H,2-7,12-16H2,1H3,(H,25,28)(H,26,29)/t18-,19-/m0/s1. The molecule has 0 spiro atoms. The first kappa shape index (κ1) is 21.6. The second kappa shape index (κ2) is 10.6. The molecule has 1 heterocycles. The third-order valence-electron chi connectivity index (χ3n) is 6.49. The molecule has 0 bridgehead atoms. The lowest BCUT2D eigenvalue weighted by Crippen LogP contribution is -2.51. The molecular formula is C23H34FN3O2. The summed E-state index contributed by atoms with van der Waals surface area (Å²) < 4.78 is 13.0. The van der Waals surface area contributed by atoms with E-state index in [1.54, 1.807) is 12.1 Å².